The monoisotopic (exact) mass is 219 g/mol. The third kappa shape index (κ3) is 2.49. The van der Waals surface area contributed by atoms with Crippen LogP contribution in [0.2, 0.25) is 0 Å². The summed E-state index contributed by atoms with van der Waals surface area (Å²) < 4.78 is 0. The maximum absolute atomic E-state index is 9.49. The van der Waals surface area contributed by atoms with Crippen LogP contribution >= 0.6 is 0 Å². The minimum absolute atomic E-state index is 0.355. The van der Waals surface area contributed by atoms with Crippen LogP contribution in [0, 0.1) is 5.92 Å². The molecule has 88 valence electrons. The van der Waals surface area contributed by atoms with E-state index in [-0.39, 0.29) is 0 Å². The van der Waals surface area contributed by atoms with Crippen molar-refractivity contribution in [2.24, 2.45) is 5.92 Å². The standard InChI is InChI=1S/C14H21NO/c1-11-5-3-6-12(9-11)15(2)13-7-4-8-14(16)10-13/h4,7-8,10-12,16H,3,5-6,9H2,1-2H3. The first-order valence-electron chi connectivity index (χ1n) is 6.18. The molecule has 1 aliphatic rings. The molecule has 0 radical (unpaired) electrons. The molecule has 16 heavy (non-hydrogen) atoms. The molecule has 2 atom stereocenters. The Morgan fingerprint density at radius 2 is 2.12 bits per heavy atom. The average Bonchev–Trinajstić information content (AvgIpc) is 2.28. The first-order chi connectivity index (χ1) is 7.66. The molecule has 0 bridgehead atoms. The van der Waals surface area contributed by atoms with E-state index in [2.05, 4.69) is 24.9 Å². The summed E-state index contributed by atoms with van der Waals surface area (Å²) in [7, 11) is 2.14. The van der Waals surface area contributed by atoms with Gasteiger partial charge in [0, 0.05) is 24.8 Å². The molecule has 1 fully saturated rings. The second-order valence-electron chi connectivity index (χ2n) is 5.06. The van der Waals surface area contributed by atoms with Crippen LogP contribution in [0.3, 0.4) is 0 Å². The second-order valence-corrected chi connectivity index (χ2v) is 5.06. The van der Waals surface area contributed by atoms with Crippen molar-refractivity contribution in [1.29, 1.82) is 0 Å². The van der Waals surface area contributed by atoms with Gasteiger partial charge in [0.25, 0.3) is 0 Å². The molecule has 1 N–H and O–H groups in total. The van der Waals surface area contributed by atoms with Crippen molar-refractivity contribution in [3.63, 3.8) is 0 Å². The number of phenolic OH excluding ortho intramolecular Hbond substituents is 1. The fourth-order valence-electron chi connectivity index (χ4n) is 2.68. The van der Waals surface area contributed by atoms with Crippen molar-refractivity contribution < 1.29 is 5.11 Å². The zero-order chi connectivity index (χ0) is 11.5. The summed E-state index contributed by atoms with van der Waals surface area (Å²) in [5, 5.41) is 9.49. The van der Waals surface area contributed by atoms with E-state index in [4.69, 9.17) is 0 Å². The van der Waals surface area contributed by atoms with Gasteiger partial charge in [-0.05, 0) is 30.9 Å². The summed E-state index contributed by atoms with van der Waals surface area (Å²) >= 11 is 0. The number of benzene rings is 1. The van der Waals surface area contributed by atoms with Crippen molar-refractivity contribution >= 4 is 5.69 Å². The summed E-state index contributed by atoms with van der Waals surface area (Å²) in [6.45, 7) is 2.34. The van der Waals surface area contributed by atoms with Crippen LogP contribution in [0.15, 0.2) is 24.3 Å². The van der Waals surface area contributed by atoms with E-state index in [9.17, 15) is 5.11 Å². The molecule has 1 aromatic carbocycles. The Bertz CT molecular complexity index is 350. The highest BCUT2D eigenvalue weighted by Gasteiger charge is 2.22. The van der Waals surface area contributed by atoms with Crippen LogP contribution in [-0.4, -0.2) is 18.2 Å². The molecule has 0 heterocycles. The van der Waals surface area contributed by atoms with E-state index >= 15 is 0 Å². The topological polar surface area (TPSA) is 23.5 Å². The molecule has 2 unspecified atom stereocenters. The lowest BCUT2D eigenvalue weighted by atomic mass is 9.86. The minimum atomic E-state index is 0.355. The van der Waals surface area contributed by atoms with Crippen LogP contribution in [0.25, 0.3) is 0 Å². The highest BCUT2D eigenvalue weighted by Crippen LogP contribution is 2.30. The van der Waals surface area contributed by atoms with Crippen molar-refractivity contribution in [2.75, 3.05) is 11.9 Å². The molecule has 2 rings (SSSR count). The van der Waals surface area contributed by atoms with Gasteiger partial charge >= 0.3 is 0 Å². The molecule has 2 nitrogen and oxygen atoms in total. The van der Waals surface area contributed by atoms with Crippen LogP contribution in [-0.2, 0) is 0 Å². The van der Waals surface area contributed by atoms with Crippen molar-refractivity contribution in [3.05, 3.63) is 24.3 Å². The van der Waals surface area contributed by atoms with Gasteiger partial charge in [0.1, 0.15) is 5.75 Å². The van der Waals surface area contributed by atoms with Crippen molar-refractivity contribution in [1.82, 2.24) is 0 Å². The van der Waals surface area contributed by atoms with Gasteiger partial charge in [-0.2, -0.15) is 0 Å². The normalized spacial score (nSPS) is 25.4. The summed E-state index contributed by atoms with van der Waals surface area (Å²) in [5.74, 6) is 1.19. The molecule has 0 aliphatic heterocycles. The van der Waals surface area contributed by atoms with E-state index < -0.39 is 0 Å². The molecule has 1 saturated carbocycles. The van der Waals surface area contributed by atoms with Crippen molar-refractivity contribution in [2.45, 2.75) is 38.6 Å². The highest BCUT2D eigenvalue weighted by atomic mass is 16.3. The van der Waals surface area contributed by atoms with Crippen LogP contribution in [0.5, 0.6) is 5.75 Å². The summed E-state index contributed by atoms with van der Waals surface area (Å²) in [4.78, 5) is 2.31. The number of anilines is 1. The fraction of sp³-hybridized carbons (Fsp3) is 0.571. The number of nitrogens with zero attached hydrogens (tertiary/aromatic N) is 1. The van der Waals surface area contributed by atoms with Gasteiger partial charge in [-0.1, -0.05) is 25.8 Å². The zero-order valence-corrected chi connectivity index (χ0v) is 10.2. The smallest absolute Gasteiger partial charge is 0.117 e. The van der Waals surface area contributed by atoms with Gasteiger partial charge in [0.15, 0.2) is 0 Å². The third-order valence-electron chi connectivity index (χ3n) is 3.69. The van der Waals surface area contributed by atoms with Crippen LogP contribution in [0.1, 0.15) is 32.6 Å². The van der Waals surface area contributed by atoms with Crippen LogP contribution in [0.4, 0.5) is 5.69 Å². The van der Waals surface area contributed by atoms with Crippen LogP contribution < -0.4 is 4.90 Å². The Morgan fingerprint density at radius 3 is 2.81 bits per heavy atom. The summed E-state index contributed by atoms with van der Waals surface area (Å²) in [5.41, 5.74) is 1.12. The number of rotatable bonds is 2. The Labute approximate surface area is 97.9 Å². The largest absolute Gasteiger partial charge is 0.508 e. The SMILES string of the molecule is CC1CCCC(N(C)c2cccc(O)c2)C1. The lowest BCUT2D eigenvalue weighted by Crippen LogP contribution is -2.35. The predicted molar refractivity (Wildman–Crippen MR) is 67.9 cm³/mol. The first-order valence-corrected chi connectivity index (χ1v) is 6.18. The van der Waals surface area contributed by atoms with E-state index in [0.717, 1.165) is 11.6 Å². The quantitative estimate of drug-likeness (QED) is 0.824. The Balaban J connectivity index is 2.09. The fourth-order valence-corrected chi connectivity index (χ4v) is 2.68. The molecule has 0 aromatic heterocycles. The molecule has 0 amide bonds. The third-order valence-corrected chi connectivity index (χ3v) is 3.69. The zero-order valence-electron chi connectivity index (χ0n) is 10.2. The Morgan fingerprint density at radius 1 is 1.31 bits per heavy atom. The number of hydrogen-bond acceptors (Lipinski definition) is 2. The molecule has 0 saturated heterocycles. The van der Waals surface area contributed by atoms with E-state index in [1.807, 2.05) is 12.1 Å². The number of phenols is 1. The van der Waals surface area contributed by atoms with Gasteiger partial charge in [0.05, 0.1) is 0 Å². The van der Waals surface area contributed by atoms with E-state index in [0.29, 0.717) is 11.8 Å². The van der Waals surface area contributed by atoms with Gasteiger partial charge in [-0.3, -0.25) is 0 Å². The minimum Gasteiger partial charge on any atom is -0.508 e. The Kier molecular flexibility index (Phi) is 3.37. The average molecular weight is 219 g/mol. The van der Waals surface area contributed by atoms with Gasteiger partial charge < -0.3 is 10.0 Å². The lowest BCUT2D eigenvalue weighted by molar-refractivity contribution is 0.336. The number of hydrogen-bond donors (Lipinski definition) is 1. The van der Waals surface area contributed by atoms with Gasteiger partial charge in [-0.25, -0.2) is 0 Å². The maximum Gasteiger partial charge on any atom is 0.117 e. The molecular formula is C14H21NO. The molecule has 1 aromatic rings. The Hall–Kier alpha value is -1.18. The second kappa shape index (κ2) is 4.77. The van der Waals surface area contributed by atoms with Gasteiger partial charge in [0.2, 0.25) is 0 Å². The summed E-state index contributed by atoms with van der Waals surface area (Å²) in [6, 6.07) is 8.18. The summed E-state index contributed by atoms with van der Waals surface area (Å²) in [6.07, 6.45) is 5.24. The maximum atomic E-state index is 9.49. The van der Waals surface area contributed by atoms with Gasteiger partial charge in [-0.15, -0.1) is 0 Å². The van der Waals surface area contributed by atoms with E-state index in [1.165, 1.54) is 25.7 Å². The molecule has 0 spiro atoms. The highest BCUT2D eigenvalue weighted by molar-refractivity contribution is 5.50. The lowest BCUT2D eigenvalue weighted by Gasteiger charge is -2.35. The first kappa shape index (κ1) is 11.3. The molecule has 1 aliphatic carbocycles. The molecular weight excluding hydrogens is 198 g/mol. The number of aromatic hydroxyl groups is 1. The predicted octanol–water partition coefficient (Wildman–Crippen LogP) is 3.41. The molecule has 2 heteroatoms. The van der Waals surface area contributed by atoms with Crippen molar-refractivity contribution in [3.8, 4) is 5.75 Å². The van der Waals surface area contributed by atoms with E-state index in [1.54, 1.807) is 6.07 Å².